The average Bonchev–Trinajstić information content (AvgIpc) is 3.10. The zero-order chi connectivity index (χ0) is 19.0. The van der Waals surface area contributed by atoms with Crippen LogP contribution in [0, 0.1) is 5.82 Å². The number of aromatic nitrogens is 4. The van der Waals surface area contributed by atoms with E-state index < -0.39 is 0 Å². The number of carbonyl (C=O) groups excluding carboxylic acids is 1. The van der Waals surface area contributed by atoms with E-state index in [4.69, 9.17) is 0 Å². The third-order valence-electron chi connectivity index (χ3n) is 4.77. The Morgan fingerprint density at radius 1 is 1.15 bits per heavy atom. The third-order valence-corrected chi connectivity index (χ3v) is 4.77. The largest absolute Gasteiger partial charge is 0.339 e. The molecule has 3 aromatic rings. The van der Waals surface area contributed by atoms with Gasteiger partial charge >= 0.3 is 0 Å². The molecule has 0 spiro atoms. The second kappa shape index (κ2) is 6.92. The van der Waals surface area contributed by atoms with Gasteiger partial charge in [-0.3, -0.25) is 9.59 Å². The summed E-state index contributed by atoms with van der Waals surface area (Å²) < 4.78 is 15.6. The van der Waals surface area contributed by atoms with Crippen LogP contribution in [0.2, 0.25) is 0 Å². The molecule has 1 saturated heterocycles. The zero-order valence-corrected chi connectivity index (χ0v) is 14.9. The topological polar surface area (TPSA) is 75.7 Å². The second-order valence-corrected chi connectivity index (χ2v) is 6.64. The Morgan fingerprint density at radius 2 is 1.85 bits per heavy atom. The van der Waals surface area contributed by atoms with E-state index in [2.05, 4.69) is 15.1 Å². The summed E-state index contributed by atoms with van der Waals surface area (Å²) >= 11 is 0. The summed E-state index contributed by atoms with van der Waals surface area (Å²) in [6.07, 6.45) is 1.40. The Labute approximate surface area is 154 Å². The smallest absolute Gasteiger partial charge is 0.293 e. The SMILES string of the molecule is CN1CCN(C(=O)Cn2ncn3nc(-c4ccc(F)cc4)cc3c2=O)CC1. The molecule has 0 aliphatic carbocycles. The minimum Gasteiger partial charge on any atom is -0.339 e. The highest BCUT2D eigenvalue weighted by Gasteiger charge is 2.20. The van der Waals surface area contributed by atoms with Gasteiger partial charge in [0.1, 0.15) is 24.2 Å². The van der Waals surface area contributed by atoms with Crippen molar-refractivity contribution >= 4 is 11.4 Å². The summed E-state index contributed by atoms with van der Waals surface area (Å²) in [6.45, 7) is 2.82. The molecule has 1 fully saturated rings. The van der Waals surface area contributed by atoms with Crippen molar-refractivity contribution in [3.05, 3.63) is 52.8 Å². The first-order chi connectivity index (χ1) is 13.0. The molecule has 0 N–H and O–H groups in total. The molecular weight excluding hydrogens is 351 g/mol. The number of likely N-dealkylation sites (N-methyl/N-ethyl adjacent to an activating group) is 1. The lowest BCUT2D eigenvalue weighted by atomic mass is 10.1. The molecule has 0 radical (unpaired) electrons. The minimum absolute atomic E-state index is 0.101. The number of carbonyl (C=O) groups is 1. The first-order valence-corrected chi connectivity index (χ1v) is 8.69. The molecule has 0 bridgehead atoms. The van der Waals surface area contributed by atoms with E-state index in [1.165, 1.54) is 23.0 Å². The van der Waals surface area contributed by atoms with Crippen LogP contribution in [0.25, 0.3) is 16.8 Å². The van der Waals surface area contributed by atoms with Crippen LogP contribution in [0.4, 0.5) is 4.39 Å². The van der Waals surface area contributed by atoms with Gasteiger partial charge in [0.05, 0.1) is 5.69 Å². The molecule has 1 aliphatic rings. The third kappa shape index (κ3) is 3.45. The van der Waals surface area contributed by atoms with Gasteiger partial charge in [0.15, 0.2) is 0 Å². The molecule has 1 amide bonds. The number of benzene rings is 1. The maximum atomic E-state index is 13.1. The van der Waals surface area contributed by atoms with Crippen LogP contribution < -0.4 is 5.56 Å². The fourth-order valence-corrected chi connectivity index (χ4v) is 3.10. The summed E-state index contributed by atoms with van der Waals surface area (Å²) in [7, 11) is 2.01. The van der Waals surface area contributed by atoms with Crippen molar-refractivity contribution in [3.8, 4) is 11.3 Å². The Morgan fingerprint density at radius 3 is 2.56 bits per heavy atom. The molecule has 140 valence electrons. The maximum Gasteiger partial charge on any atom is 0.293 e. The number of amides is 1. The van der Waals surface area contributed by atoms with Crippen molar-refractivity contribution in [3.63, 3.8) is 0 Å². The predicted octanol–water partition coefficient (Wildman–Crippen LogP) is 0.471. The van der Waals surface area contributed by atoms with Gasteiger partial charge in [-0.15, -0.1) is 0 Å². The lowest BCUT2D eigenvalue weighted by Gasteiger charge is -2.32. The number of piperazine rings is 1. The van der Waals surface area contributed by atoms with Crippen molar-refractivity contribution < 1.29 is 9.18 Å². The summed E-state index contributed by atoms with van der Waals surface area (Å²) in [5, 5.41) is 8.37. The fourth-order valence-electron chi connectivity index (χ4n) is 3.10. The summed E-state index contributed by atoms with van der Waals surface area (Å²) in [5.41, 5.74) is 1.16. The van der Waals surface area contributed by atoms with E-state index >= 15 is 0 Å². The molecule has 0 saturated carbocycles. The second-order valence-electron chi connectivity index (χ2n) is 6.64. The van der Waals surface area contributed by atoms with Crippen molar-refractivity contribution in [2.75, 3.05) is 33.2 Å². The molecule has 3 heterocycles. The van der Waals surface area contributed by atoms with E-state index in [0.717, 1.165) is 17.8 Å². The van der Waals surface area contributed by atoms with Gasteiger partial charge in [0, 0.05) is 31.7 Å². The molecular formula is C18H19FN6O2. The van der Waals surface area contributed by atoms with Crippen LogP contribution in [-0.4, -0.2) is 68.3 Å². The Balaban J connectivity index is 1.59. The van der Waals surface area contributed by atoms with Crippen molar-refractivity contribution in [1.82, 2.24) is 29.2 Å². The zero-order valence-electron chi connectivity index (χ0n) is 14.9. The first kappa shape index (κ1) is 17.3. The maximum absolute atomic E-state index is 13.1. The quantitative estimate of drug-likeness (QED) is 0.670. The molecule has 0 atom stereocenters. The highest BCUT2D eigenvalue weighted by atomic mass is 19.1. The monoisotopic (exact) mass is 370 g/mol. The van der Waals surface area contributed by atoms with Crippen LogP contribution in [0.3, 0.4) is 0 Å². The van der Waals surface area contributed by atoms with E-state index in [0.29, 0.717) is 29.9 Å². The van der Waals surface area contributed by atoms with Crippen LogP contribution >= 0.6 is 0 Å². The van der Waals surface area contributed by atoms with Gasteiger partial charge in [0.2, 0.25) is 5.91 Å². The molecule has 8 nitrogen and oxygen atoms in total. The van der Waals surface area contributed by atoms with Crippen LogP contribution in [-0.2, 0) is 11.3 Å². The van der Waals surface area contributed by atoms with Crippen molar-refractivity contribution in [2.45, 2.75) is 6.54 Å². The lowest BCUT2D eigenvalue weighted by molar-refractivity contribution is -0.133. The molecule has 27 heavy (non-hydrogen) atoms. The van der Waals surface area contributed by atoms with Gasteiger partial charge < -0.3 is 9.80 Å². The molecule has 1 aliphatic heterocycles. The Kier molecular flexibility index (Phi) is 4.44. The van der Waals surface area contributed by atoms with E-state index in [9.17, 15) is 14.0 Å². The molecule has 9 heteroatoms. The summed E-state index contributed by atoms with van der Waals surface area (Å²) in [4.78, 5) is 29.1. The number of nitrogens with zero attached hydrogens (tertiary/aromatic N) is 6. The van der Waals surface area contributed by atoms with Gasteiger partial charge in [0.25, 0.3) is 5.56 Å². The van der Waals surface area contributed by atoms with Crippen LogP contribution in [0.1, 0.15) is 0 Å². The Bertz CT molecular complexity index is 1030. The lowest BCUT2D eigenvalue weighted by Crippen LogP contribution is -2.48. The highest BCUT2D eigenvalue weighted by molar-refractivity contribution is 5.76. The summed E-state index contributed by atoms with van der Waals surface area (Å²) in [6, 6.07) is 7.49. The highest BCUT2D eigenvalue weighted by Crippen LogP contribution is 2.18. The number of rotatable bonds is 3. The fraction of sp³-hybridized carbons (Fsp3) is 0.333. The van der Waals surface area contributed by atoms with Gasteiger partial charge in [-0.2, -0.15) is 10.2 Å². The molecule has 2 aromatic heterocycles. The van der Waals surface area contributed by atoms with Crippen molar-refractivity contribution in [2.24, 2.45) is 0 Å². The Hall–Kier alpha value is -3.07. The standard InChI is InChI=1S/C18H19FN6O2/c1-22-6-8-23(9-7-22)17(26)11-24-18(27)16-10-15(21-25(16)12-20-24)13-2-4-14(19)5-3-13/h2-5,10,12H,6-9,11H2,1H3. The van der Waals surface area contributed by atoms with Gasteiger partial charge in [-0.1, -0.05) is 0 Å². The van der Waals surface area contributed by atoms with E-state index in [1.807, 2.05) is 7.05 Å². The van der Waals surface area contributed by atoms with Crippen molar-refractivity contribution in [1.29, 1.82) is 0 Å². The average molecular weight is 370 g/mol. The van der Waals surface area contributed by atoms with Gasteiger partial charge in [-0.25, -0.2) is 13.6 Å². The first-order valence-electron chi connectivity index (χ1n) is 8.69. The molecule has 0 unspecified atom stereocenters. The van der Waals surface area contributed by atoms with Gasteiger partial charge in [-0.05, 0) is 37.4 Å². The number of hydrogen-bond donors (Lipinski definition) is 0. The molecule has 4 rings (SSSR count). The van der Waals surface area contributed by atoms with E-state index in [-0.39, 0.29) is 23.8 Å². The normalized spacial score (nSPS) is 15.4. The van der Waals surface area contributed by atoms with E-state index in [1.54, 1.807) is 23.1 Å². The molecule has 1 aromatic carbocycles. The number of hydrogen-bond acceptors (Lipinski definition) is 5. The summed E-state index contributed by atoms with van der Waals surface area (Å²) in [5.74, 6) is -0.464. The number of halogens is 1. The van der Waals surface area contributed by atoms with Crippen LogP contribution in [0.15, 0.2) is 41.5 Å². The van der Waals surface area contributed by atoms with Crippen LogP contribution in [0.5, 0.6) is 0 Å². The predicted molar refractivity (Wildman–Crippen MR) is 96.7 cm³/mol. The number of fused-ring (bicyclic) bond motifs is 1. The minimum atomic E-state index is -0.388.